The van der Waals surface area contributed by atoms with Gasteiger partial charge in [-0.25, -0.2) is 8.42 Å². The Morgan fingerprint density at radius 3 is 2.61 bits per heavy atom. The van der Waals surface area contributed by atoms with Gasteiger partial charge in [0, 0.05) is 24.1 Å². The first-order valence-corrected chi connectivity index (χ1v) is 11.4. The lowest BCUT2D eigenvalue weighted by Gasteiger charge is -2.16. The average molecular weight is 414 g/mol. The van der Waals surface area contributed by atoms with Crippen LogP contribution in [0.15, 0.2) is 69.9 Å². The summed E-state index contributed by atoms with van der Waals surface area (Å²) in [4.78, 5) is 19.0. The first-order chi connectivity index (χ1) is 13.5. The van der Waals surface area contributed by atoms with Crippen molar-refractivity contribution in [3.63, 3.8) is 0 Å². The monoisotopic (exact) mass is 413 g/mol. The Bertz CT molecular complexity index is 1050. The second kappa shape index (κ2) is 7.81. The van der Waals surface area contributed by atoms with Gasteiger partial charge in [0.15, 0.2) is 15.0 Å². The number of nitrogens with one attached hydrogen (secondary N) is 1. The number of hydrogen-bond acceptors (Lipinski definition) is 6. The third-order valence-electron chi connectivity index (χ3n) is 4.53. The summed E-state index contributed by atoms with van der Waals surface area (Å²) in [6.07, 6.45) is -0.0889. The molecule has 0 radical (unpaired) electrons. The van der Waals surface area contributed by atoms with Crippen LogP contribution in [-0.4, -0.2) is 43.2 Å². The fourth-order valence-corrected chi connectivity index (χ4v) is 5.29. The van der Waals surface area contributed by atoms with Gasteiger partial charge in [0.25, 0.3) is 0 Å². The van der Waals surface area contributed by atoms with Gasteiger partial charge in [-0.1, -0.05) is 42.1 Å². The van der Waals surface area contributed by atoms with Crippen LogP contribution in [0.5, 0.6) is 0 Å². The molecule has 2 aliphatic rings. The summed E-state index contributed by atoms with van der Waals surface area (Å²) >= 11 is 1.63. The third kappa shape index (κ3) is 3.98. The number of nitrogens with zero attached hydrogens (tertiary/aromatic N) is 2. The average Bonchev–Trinajstić information content (AvgIpc) is 3.32. The lowest BCUT2D eigenvalue weighted by atomic mass is 10.1. The molecule has 0 saturated carbocycles. The maximum atomic E-state index is 12.3. The van der Waals surface area contributed by atoms with Crippen LogP contribution in [0.2, 0.25) is 0 Å². The van der Waals surface area contributed by atoms with Gasteiger partial charge < -0.3 is 10.2 Å². The molecular formula is C20H19N3O3S2. The number of carbonyl (C=O) groups is 1. The molecule has 0 atom stereocenters. The van der Waals surface area contributed by atoms with Crippen LogP contribution in [0, 0.1) is 0 Å². The van der Waals surface area contributed by atoms with Gasteiger partial charge in [-0.3, -0.25) is 9.79 Å². The number of carbonyl (C=O) groups excluding carboxylic acids is 1. The topological polar surface area (TPSA) is 78.8 Å². The second-order valence-corrected chi connectivity index (χ2v) is 9.39. The van der Waals surface area contributed by atoms with Crippen LogP contribution >= 0.6 is 11.8 Å². The second-order valence-electron chi connectivity index (χ2n) is 6.44. The fourth-order valence-electron chi connectivity index (χ4n) is 3.07. The van der Waals surface area contributed by atoms with Crippen LogP contribution in [0.1, 0.15) is 12.0 Å². The Morgan fingerprint density at radius 2 is 1.86 bits per heavy atom. The first kappa shape index (κ1) is 18.8. The summed E-state index contributed by atoms with van der Waals surface area (Å²) in [5.74, 6) is -0.542. The zero-order valence-electron chi connectivity index (χ0n) is 15.0. The Kier molecular flexibility index (Phi) is 5.23. The van der Waals surface area contributed by atoms with Gasteiger partial charge in [-0.05, 0) is 29.8 Å². The van der Waals surface area contributed by atoms with Crippen LogP contribution in [-0.2, 0) is 14.6 Å². The lowest BCUT2D eigenvalue weighted by Crippen LogP contribution is -2.20. The standard InChI is InChI=1S/C20H19N3O3S2/c24-19(10-13-28(25,26)17-4-2-1-3-5-17)22-16-8-6-15(7-9-16)18-14-27-20-21-11-12-23(18)20/h1-9,14H,10-13H2,(H,22,24). The van der Waals surface area contributed by atoms with Gasteiger partial charge in [0.2, 0.25) is 5.91 Å². The summed E-state index contributed by atoms with van der Waals surface area (Å²) in [6.45, 7) is 1.71. The Hall–Kier alpha value is -2.58. The number of amidine groups is 1. The molecule has 0 aromatic heterocycles. The van der Waals surface area contributed by atoms with E-state index in [2.05, 4.69) is 20.6 Å². The minimum absolute atomic E-state index is 0.0889. The van der Waals surface area contributed by atoms with Gasteiger partial charge in [0.1, 0.15) is 0 Å². The van der Waals surface area contributed by atoms with Crippen LogP contribution < -0.4 is 5.32 Å². The summed E-state index contributed by atoms with van der Waals surface area (Å²) in [6, 6.07) is 15.7. The molecule has 144 valence electrons. The van der Waals surface area contributed by atoms with Crippen LogP contribution in [0.3, 0.4) is 0 Å². The van der Waals surface area contributed by atoms with Gasteiger partial charge in [0.05, 0.1) is 22.9 Å². The molecule has 2 aromatic carbocycles. The Labute approximate surface area is 168 Å². The molecule has 4 rings (SSSR count). The number of benzene rings is 2. The first-order valence-electron chi connectivity index (χ1n) is 8.90. The summed E-state index contributed by atoms with van der Waals surface area (Å²) in [5, 5.41) is 5.88. The smallest absolute Gasteiger partial charge is 0.225 e. The van der Waals surface area contributed by atoms with E-state index in [1.54, 1.807) is 42.1 Å². The normalized spacial score (nSPS) is 15.8. The molecular weight excluding hydrogens is 394 g/mol. The summed E-state index contributed by atoms with van der Waals surface area (Å²) < 4.78 is 24.5. The number of amides is 1. The van der Waals surface area contributed by atoms with E-state index in [0.717, 1.165) is 29.5 Å². The van der Waals surface area contributed by atoms with Crippen LogP contribution in [0.25, 0.3) is 5.70 Å². The number of sulfone groups is 1. The molecule has 0 unspecified atom stereocenters. The fraction of sp³-hybridized carbons (Fsp3) is 0.200. The molecule has 2 aliphatic heterocycles. The van der Waals surface area contributed by atoms with Crippen molar-refractivity contribution < 1.29 is 13.2 Å². The molecule has 0 spiro atoms. The highest BCUT2D eigenvalue weighted by atomic mass is 32.2. The minimum atomic E-state index is -3.46. The number of fused-ring (bicyclic) bond motifs is 1. The number of rotatable bonds is 6. The molecule has 1 amide bonds. The van der Waals surface area contributed by atoms with E-state index in [1.807, 2.05) is 24.3 Å². The van der Waals surface area contributed by atoms with Crippen molar-refractivity contribution in [1.82, 2.24) is 4.90 Å². The van der Waals surface area contributed by atoms with Crippen molar-refractivity contribution in [2.75, 3.05) is 24.2 Å². The maximum absolute atomic E-state index is 12.3. The van der Waals surface area contributed by atoms with Crippen molar-refractivity contribution in [2.24, 2.45) is 4.99 Å². The van der Waals surface area contributed by atoms with Gasteiger partial charge in [-0.15, -0.1) is 0 Å². The van der Waals surface area contributed by atoms with Gasteiger partial charge in [-0.2, -0.15) is 0 Å². The largest absolute Gasteiger partial charge is 0.326 e. The molecule has 0 saturated heterocycles. The molecule has 2 heterocycles. The minimum Gasteiger partial charge on any atom is -0.326 e. The highest BCUT2D eigenvalue weighted by Gasteiger charge is 2.26. The highest BCUT2D eigenvalue weighted by molar-refractivity contribution is 8.16. The molecule has 6 nitrogen and oxygen atoms in total. The molecule has 8 heteroatoms. The van der Waals surface area contributed by atoms with E-state index in [4.69, 9.17) is 0 Å². The number of anilines is 1. The molecule has 1 N–H and O–H groups in total. The Balaban J connectivity index is 1.34. The number of aliphatic imine (C=N–C) groups is 1. The Morgan fingerprint density at radius 1 is 1.11 bits per heavy atom. The quantitative estimate of drug-likeness (QED) is 0.787. The summed E-state index contributed by atoms with van der Waals surface area (Å²) in [7, 11) is -3.46. The van der Waals surface area contributed by atoms with E-state index in [9.17, 15) is 13.2 Å². The summed E-state index contributed by atoms with van der Waals surface area (Å²) in [5.41, 5.74) is 2.82. The zero-order chi connectivity index (χ0) is 19.6. The van der Waals surface area contributed by atoms with E-state index in [1.165, 1.54) is 0 Å². The molecule has 2 aromatic rings. The molecule has 0 bridgehead atoms. The van der Waals surface area contributed by atoms with Crippen molar-refractivity contribution >= 4 is 44.1 Å². The van der Waals surface area contributed by atoms with Crippen LogP contribution in [0.4, 0.5) is 5.69 Å². The van der Waals surface area contributed by atoms with Gasteiger partial charge >= 0.3 is 0 Å². The number of thioether (sulfide) groups is 1. The van der Waals surface area contributed by atoms with E-state index in [0.29, 0.717) is 5.69 Å². The molecule has 0 fully saturated rings. The zero-order valence-corrected chi connectivity index (χ0v) is 16.7. The maximum Gasteiger partial charge on any atom is 0.225 e. The van der Waals surface area contributed by atoms with Crippen molar-refractivity contribution in [3.8, 4) is 0 Å². The van der Waals surface area contributed by atoms with Crippen molar-refractivity contribution in [2.45, 2.75) is 11.3 Å². The molecule has 28 heavy (non-hydrogen) atoms. The highest BCUT2D eigenvalue weighted by Crippen LogP contribution is 2.35. The third-order valence-corrected chi connectivity index (χ3v) is 7.17. The predicted molar refractivity (Wildman–Crippen MR) is 113 cm³/mol. The van der Waals surface area contributed by atoms with E-state index >= 15 is 0 Å². The van der Waals surface area contributed by atoms with E-state index < -0.39 is 9.84 Å². The number of hydrogen-bond donors (Lipinski definition) is 1. The van der Waals surface area contributed by atoms with E-state index in [-0.39, 0.29) is 23.0 Å². The van der Waals surface area contributed by atoms with Crippen molar-refractivity contribution in [3.05, 3.63) is 65.6 Å². The SMILES string of the molecule is O=C(CCS(=O)(=O)c1ccccc1)Nc1ccc(C2=CSC3=NCCN23)cc1. The lowest BCUT2D eigenvalue weighted by molar-refractivity contribution is -0.115. The predicted octanol–water partition coefficient (Wildman–Crippen LogP) is 3.21. The van der Waals surface area contributed by atoms with Crippen molar-refractivity contribution in [1.29, 1.82) is 0 Å². The molecule has 0 aliphatic carbocycles.